The fourth-order valence-electron chi connectivity index (χ4n) is 2.08. The molecule has 0 aliphatic heterocycles. The summed E-state index contributed by atoms with van der Waals surface area (Å²) >= 11 is 11.8. The van der Waals surface area contributed by atoms with E-state index in [0.717, 1.165) is 17.3 Å². The van der Waals surface area contributed by atoms with Gasteiger partial charge >= 0.3 is 0 Å². The van der Waals surface area contributed by atoms with E-state index in [4.69, 9.17) is 28.0 Å². The van der Waals surface area contributed by atoms with Crippen molar-refractivity contribution in [3.63, 3.8) is 0 Å². The Morgan fingerprint density at radius 2 is 1.85 bits per heavy atom. The van der Waals surface area contributed by atoms with Crippen molar-refractivity contribution in [2.75, 3.05) is 17.2 Å². The Balaban J connectivity index is 1.80. The van der Waals surface area contributed by atoms with Crippen LogP contribution in [0.25, 0.3) is 0 Å². The molecule has 0 saturated carbocycles. The van der Waals surface area contributed by atoms with E-state index in [2.05, 4.69) is 15.8 Å². The van der Waals surface area contributed by atoms with Crippen LogP contribution >= 0.6 is 23.2 Å². The number of halogens is 2. The number of hydrogen-bond donors (Lipinski definition) is 2. The molecule has 0 fully saturated rings. The molecule has 8 heteroatoms. The van der Waals surface area contributed by atoms with Crippen molar-refractivity contribution in [3.05, 3.63) is 57.6 Å². The van der Waals surface area contributed by atoms with Crippen molar-refractivity contribution in [1.82, 2.24) is 0 Å². The first kappa shape index (κ1) is 19.8. The summed E-state index contributed by atoms with van der Waals surface area (Å²) in [5, 5.41) is 9.48. The number of aryl methyl sites for hydroxylation is 2. The molecule has 0 radical (unpaired) electrons. The highest BCUT2D eigenvalue weighted by molar-refractivity contribution is 6.35. The molecule has 0 atom stereocenters. The Bertz CT molecular complexity index is 854. The van der Waals surface area contributed by atoms with Crippen LogP contribution in [0.5, 0.6) is 0 Å². The van der Waals surface area contributed by atoms with Gasteiger partial charge < -0.3 is 15.5 Å². The smallest absolute Gasteiger partial charge is 0.270 e. The zero-order valence-corrected chi connectivity index (χ0v) is 15.7. The zero-order valence-electron chi connectivity index (χ0n) is 14.2. The van der Waals surface area contributed by atoms with E-state index in [1.807, 2.05) is 26.0 Å². The van der Waals surface area contributed by atoms with Gasteiger partial charge in [-0.25, -0.2) is 0 Å². The lowest BCUT2D eigenvalue weighted by atomic mass is 10.1. The Kier molecular flexibility index (Phi) is 7.00. The molecule has 2 aromatic carbocycles. The summed E-state index contributed by atoms with van der Waals surface area (Å²) in [4.78, 5) is 28.4. The van der Waals surface area contributed by atoms with Crippen LogP contribution in [-0.4, -0.2) is 24.6 Å². The van der Waals surface area contributed by atoms with E-state index in [1.54, 1.807) is 18.2 Å². The molecule has 0 bridgehead atoms. The normalized spacial score (nSPS) is 10.6. The Morgan fingerprint density at radius 3 is 2.58 bits per heavy atom. The number of carbonyl (C=O) groups is 2. The van der Waals surface area contributed by atoms with Gasteiger partial charge in [-0.15, -0.1) is 0 Å². The summed E-state index contributed by atoms with van der Waals surface area (Å²) in [7, 11) is 0. The van der Waals surface area contributed by atoms with Gasteiger partial charge in [-0.2, -0.15) is 0 Å². The minimum atomic E-state index is -0.485. The molecule has 2 aromatic rings. The average molecular weight is 394 g/mol. The number of rotatable bonds is 6. The predicted octanol–water partition coefficient (Wildman–Crippen LogP) is 4.19. The SMILES string of the molecule is Cc1ccc(NC(=O)/C=N\OCC(=O)Nc2cc(Cl)ccc2Cl)c(C)c1. The van der Waals surface area contributed by atoms with Crippen molar-refractivity contribution in [2.45, 2.75) is 13.8 Å². The van der Waals surface area contributed by atoms with Gasteiger partial charge in [0.25, 0.3) is 11.8 Å². The van der Waals surface area contributed by atoms with Crippen molar-refractivity contribution in [1.29, 1.82) is 0 Å². The maximum Gasteiger partial charge on any atom is 0.270 e. The molecule has 26 heavy (non-hydrogen) atoms. The van der Waals surface area contributed by atoms with Crippen LogP contribution in [0.3, 0.4) is 0 Å². The minimum Gasteiger partial charge on any atom is -0.385 e. The van der Waals surface area contributed by atoms with Gasteiger partial charge in [0.05, 0.1) is 10.7 Å². The fraction of sp³-hybridized carbons (Fsp3) is 0.167. The quantitative estimate of drug-likeness (QED) is 0.570. The second-order valence-electron chi connectivity index (χ2n) is 5.49. The van der Waals surface area contributed by atoms with Crippen LogP contribution in [0, 0.1) is 13.8 Å². The van der Waals surface area contributed by atoms with Crippen LogP contribution in [-0.2, 0) is 14.4 Å². The summed E-state index contributed by atoms with van der Waals surface area (Å²) in [5.74, 6) is -0.948. The van der Waals surface area contributed by atoms with Crippen LogP contribution in [0.2, 0.25) is 10.0 Å². The number of oxime groups is 1. The van der Waals surface area contributed by atoms with E-state index in [0.29, 0.717) is 21.4 Å². The second kappa shape index (κ2) is 9.22. The summed E-state index contributed by atoms with van der Waals surface area (Å²) < 4.78 is 0. The number of anilines is 2. The van der Waals surface area contributed by atoms with Crippen LogP contribution in [0.4, 0.5) is 11.4 Å². The molecular weight excluding hydrogens is 377 g/mol. The molecule has 0 unspecified atom stereocenters. The van der Waals surface area contributed by atoms with Gasteiger partial charge in [0.2, 0.25) is 0 Å². The number of nitrogens with zero attached hydrogens (tertiary/aromatic N) is 1. The molecule has 136 valence electrons. The summed E-state index contributed by atoms with van der Waals surface area (Å²) in [6.45, 7) is 3.48. The van der Waals surface area contributed by atoms with Gasteiger partial charge in [-0.05, 0) is 43.7 Å². The molecular formula is C18H17Cl2N3O3. The first-order valence-electron chi connectivity index (χ1n) is 7.63. The average Bonchev–Trinajstić information content (AvgIpc) is 2.57. The number of hydrogen-bond acceptors (Lipinski definition) is 4. The van der Waals surface area contributed by atoms with Gasteiger partial charge in [-0.1, -0.05) is 46.1 Å². The molecule has 2 rings (SSSR count). The summed E-state index contributed by atoms with van der Waals surface area (Å²) in [6.07, 6.45) is 0.957. The molecule has 0 aromatic heterocycles. The maximum atomic E-state index is 11.8. The molecule has 2 amide bonds. The summed E-state index contributed by atoms with van der Waals surface area (Å²) in [5.41, 5.74) is 3.08. The number of amides is 2. The molecule has 0 heterocycles. The van der Waals surface area contributed by atoms with E-state index in [-0.39, 0.29) is 6.61 Å². The highest BCUT2D eigenvalue weighted by Crippen LogP contribution is 2.25. The first-order valence-corrected chi connectivity index (χ1v) is 8.39. The van der Waals surface area contributed by atoms with Gasteiger partial charge in [0.15, 0.2) is 6.61 Å². The number of benzene rings is 2. The van der Waals surface area contributed by atoms with Crippen LogP contribution < -0.4 is 10.6 Å². The lowest BCUT2D eigenvalue weighted by Crippen LogP contribution is -2.18. The monoisotopic (exact) mass is 393 g/mol. The summed E-state index contributed by atoms with van der Waals surface area (Å²) in [6, 6.07) is 10.3. The zero-order chi connectivity index (χ0) is 19.1. The fourth-order valence-corrected chi connectivity index (χ4v) is 2.42. The molecule has 6 nitrogen and oxygen atoms in total. The van der Waals surface area contributed by atoms with Gasteiger partial charge in [0.1, 0.15) is 6.21 Å². The van der Waals surface area contributed by atoms with Crippen LogP contribution in [0.1, 0.15) is 11.1 Å². The third-order valence-corrected chi connectivity index (χ3v) is 3.85. The Morgan fingerprint density at radius 1 is 1.08 bits per heavy atom. The standard InChI is InChI=1S/C18H17Cl2N3O3/c1-11-3-6-15(12(2)7-11)22-17(24)9-21-26-10-18(25)23-16-8-13(19)4-5-14(16)20/h3-9H,10H2,1-2H3,(H,22,24)(H,23,25)/b21-9-. The van der Waals surface area contributed by atoms with E-state index in [1.165, 1.54) is 6.07 Å². The highest BCUT2D eigenvalue weighted by Gasteiger charge is 2.07. The highest BCUT2D eigenvalue weighted by atomic mass is 35.5. The van der Waals surface area contributed by atoms with Gasteiger partial charge in [0, 0.05) is 10.7 Å². The number of nitrogens with one attached hydrogen (secondary N) is 2. The lowest BCUT2D eigenvalue weighted by molar-refractivity contribution is -0.120. The van der Waals surface area contributed by atoms with Crippen molar-refractivity contribution >= 4 is 52.6 Å². The topological polar surface area (TPSA) is 79.8 Å². The maximum absolute atomic E-state index is 11.8. The molecule has 0 aliphatic carbocycles. The largest absolute Gasteiger partial charge is 0.385 e. The second-order valence-corrected chi connectivity index (χ2v) is 6.33. The van der Waals surface area contributed by atoms with E-state index in [9.17, 15) is 9.59 Å². The van der Waals surface area contributed by atoms with E-state index < -0.39 is 11.8 Å². The van der Waals surface area contributed by atoms with Crippen LogP contribution in [0.15, 0.2) is 41.6 Å². The van der Waals surface area contributed by atoms with Crippen molar-refractivity contribution in [3.8, 4) is 0 Å². The lowest BCUT2D eigenvalue weighted by Gasteiger charge is -2.07. The Hall–Kier alpha value is -2.57. The number of carbonyl (C=O) groups excluding carboxylic acids is 2. The molecule has 2 N–H and O–H groups in total. The Labute approximate surface area is 161 Å². The van der Waals surface area contributed by atoms with E-state index >= 15 is 0 Å². The third kappa shape index (κ3) is 6.06. The molecule has 0 spiro atoms. The molecule has 0 aliphatic rings. The molecule has 0 saturated heterocycles. The predicted molar refractivity (Wildman–Crippen MR) is 104 cm³/mol. The van der Waals surface area contributed by atoms with Crippen molar-refractivity contribution in [2.24, 2.45) is 5.16 Å². The van der Waals surface area contributed by atoms with Gasteiger partial charge in [-0.3, -0.25) is 9.59 Å². The third-order valence-electron chi connectivity index (χ3n) is 3.28. The van der Waals surface area contributed by atoms with Crippen molar-refractivity contribution < 1.29 is 14.4 Å². The first-order chi connectivity index (χ1) is 12.3. The minimum absolute atomic E-state index is 0.346.